The molecule has 1 aliphatic heterocycles. The molecule has 28 rings (SSSR count). The molecule has 0 amide bonds. The molecule has 0 bridgehead atoms. The fraction of sp³-hybridized carbons (Fsp3) is 0.0164. The van der Waals surface area contributed by atoms with Gasteiger partial charge in [-0.25, -0.2) is 19.9 Å². The van der Waals surface area contributed by atoms with E-state index >= 15 is 0 Å². The van der Waals surface area contributed by atoms with Gasteiger partial charge in [0.1, 0.15) is 0 Å². The van der Waals surface area contributed by atoms with E-state index in [2.05, 4.69) is 393 Å². The molecule has 8 aromatic heterocycles. The van der Waals surface area contributed by atoms with E-state index in [1.54, 1.807) is 41.0 Å². The zero-order valence-corrected chi connectivity index (χ0v) is 81.7. The van der Waals surface area contributed by atoms with Gasteiger partial charge in [0.15, 0.2) is 0 Å². The molecule has 2 atom stereocenters. The van der Waals surface area contributed by atoms with E-state index in [1.165, 1.54) is 163 Å². The third kappa shape index (κ3) is 17.0. The lowest BCUT2D eigenvalue weighted by Crippen LogP contribution is -2.29. The van der Waals surface area contributed by atoms with Crippen LogP contribution in [0.4, 0.5) is 11.4 Å². The maximum Gasteiger partial charge on any atom is 0.489 e. The van der Waals surface area contributed by atoms with Gasteiger partial charge in [0.25, 0.3) is 0 Å². The van der Waals surface area contributed by atoms with Crippen LogP contribution in [-0.2, 0) is 0 Å². The van der Waals surface area contributed by atoms with Crippen LogP contribution >= 0.6 is 84.2 Å². The van der Waals surface area contributed by atoms with Crippen molar-refractivity contribution in [1.29, 1.82) is 0 Å². The first-order chi connectivity index (χ1) is 69.4. The molecule has 0 saturated carbocycles. The predicted molar refractivity (Wildman–Crippen MR) is 606 cm³/mol. The summed E-state index contributed by atoms with van der Waals surface area (Å²) in [5.41, 5.74) is 22.9. The number of hydrogen-bond donors (Lipinski definition) is 4. The van der Waals surface area contributed by atoms with Crippen LogP contribution in [0.1, 0.15) is 11.5 Å². The van der Waals surface area contributed by atoms with Gasteiger partial charge in [-0.15, -0.1) is 56.7 Å². The number of aromatic nitrogens is 5. The fourth-order valence-corrected chi connectivity index (χ4v) is 26.7. The largest absolute Gasteiger partial charge is 0.489 e. The second kappa shape index (κ2) is 38.3. The average Bonchev–Trinajstić information content (AvgIpc) is 1.58. The number of nitrogens with zero attached hydrogens (tertiary/aromatic N) is 6. The van der Waals surface area contributed by atoms with Crippen molar-refractivity contribution < 1.29 is 20.1 Å². The van der Waals surface area contributed by atoms with Gasteiger partial charge in [-0.3, -0.25) is 4.57 Å². The average molecular weight is 1990 g/mol. The van der Waals surface area contributed by atoms with E-state index in [0.717, 1.165) is 59.2 Å². The summed E-state index contributed by atoms with van der Waals surface area (Å²) in [7, 11) is -2.85. The summed E-state index contributed by atoms with van der Waals surface area (Å²) in [5, 5.41) is 52.7. The first-order valence-electron chi connectivity index (χ1n) is 46.4. The van der Waals surface area contributed by atoms with Gasteiger partial charge in [0.05, 0.1) is 28.5 Å². The normalized spacial score (nSPS) is 13.1. The Bertz CT molecular complexity index is 9420. The standard InChI is InChI=1S/C52H34N4S.C22H13ClN2S.C18H13BO2S.C18H11BrS.C12H9BO2S/c1-2-14-37(15-3-1)55-46-21-7-4-16-39(46)43-31-33(24-26-48(43)55)34-25-27-49-44(32-34)40-17-5-8-22-47(40)56(49)52-53-29-28-45(54-52)36-13-10-12-35(30-36)38-19-11-20-42-41-18-6-9-23-50(41)57-51(38)42;23-22-24-12-11-19(25-22)15-6-3-5-14(13-15)16-8-4-9-18-17-7-1-2-10-20(17)26-21(16)18;20-19(21)13-6-3-5-12(11-13)14-8-4-9-16-15-7-1-2-10-17(15)22-18(14)16;19-13-6-3-5-12(11-13)14-8-4-9-16-15-7-1-2-10-17(15)20-18(14)16;14-13(15)10-6-3-5-9-8-4-1-2-7-11(8)16-12(9)10/h1-32,39,46H;1-13H;1-11,20-21H;1-11H;1-7,14-15H. The number of hydrogen-bond acceptors (Lipinski definition) is 14. The molecule has 26 aromatic rings. The highest BCUT2D eigenvalue weighted by molar-refractivity contribution is 9.10. The molecule has 0 saturated heterocycles. The summed E-state index contributed by atoms with van der Waals surface area (Å²) in [4.78, 5) is 20.9. The van der Waals surface area contributed by atoms with Crippen LogP contribution in [0.15, 0.2) is 454 Å². The van der Waals surface area contributed by atoms with E-state index in [9.17, 15) is 20.1 Å². The molecule has 2 aliphatic rings. The SMILES string of the molecule is Brc1cccc(-c2cccc3c2sc2ccccc23)c1.C1=CC2c3cc(-c4ccc5c(c4)c4ccccc4n5-c4nccc(-c5cccc(-c6cccc7c6sc6ccccc67)c5)n4)ccc3N(c3ccccc3)C2C=C1.Clc1nccc(-c2cccc(-c3cccc4c3sc3ccccc34)c2)n1.OB(O)c1cccc(-c2cccc3c2sc2ccccc23)c1.OB(O)c1cccc2c1sc1ccccc12. The van der Waals surface area contributed by atoms with E-state index in [-0.39, 0.29) is 11.3 Å². The van der Waals surface area contributed by atoms with Crippen molar-refractivity contribution in [2.24, 2.45) is 0 Å². The Morgan fingerprint density at radius 1 is 0.298 bits per heavy atom. The van der Waals surface area contributed by atoms with Crippen molar-refractivity contribution in [2.75, 3.05) is 4.90 Å². The van der Waals surface area contributed by atoms with Crippen LogP contribution < -0.4 is 15.8 Å². The lowest BCUT2D eigenvalue weighted by atomic mass is 9.79. The molecule has 0 radical (unpaired) electrons. The fourth-order valence-electron chi connectivity index (χ4n) is 20.0. The summed E-state index contributed by atoms with van der Waals surface area (Å²) in [5.74, 6) is 0.954. The number of rotatable bonds is 11. The minimum Gasteiger partial charge on any atom is -0.423 e. The van der Waals surface area contributed by atoms with Gasteiger partial charge in [0, 0.05) is 152 Å². The number of benzene rings is 18. The third-order valence-electron chi connectivity index (χ3n) is 26.5. The summed E-state index contributed by atoms with van der Waals surface area (Å²) < 4.78 is 15.9. The predicted octanol–water partition coefficient (Wildman–Crippen LogP) is 32.1. The third-order valence-corrected chi connectivity index (χ3v) is 33.3. The van der Waals surface area contributed by atoms with Gasteiger partial charge in [-0.2, -0.15) is 0 Å². The van der Waals surface area contributed by atoms with Gasteiger partial charge < -0.3 is 25.0 Å². The highest BCUT2D eigenvalue weighted by atomic mass is 79.9. The van der Waals surface area contributed by atoms with Gasteiger partial charge >= 0.3 is 14.2 Å². The Balaban J connectivity index is 0.000000106. The van der Waals surface area contributed by atoms with Gasteiger partial charge in [-0.05, 0) is 198 Å². The number of allylic oxidation sites excluding steroid dienone is 2. The number of anilines is 2. The minimum atomic E-state index is -1.44. The highest BCUT2D eigenvalue weighted by Gasteiger charge is 2.38. The first-order valence-corrected chi connectivity index (χ1v) is 51.7. The molecule has 10 nitrogen and oxygen atoms in total. The molecule has 4 N–H and O–H groups in total. The van der Waals surface area contributed by atoms with Crippen LogP contribution in [-0.4, -0.2) is 64.9 Å². The van der Waals surface area contributed by atoms with E-state index in [1.807, 2.05) is 107 Å². The molecule has 141 heavy (non-hydrogen) atoms. The molecular weight excluding hydrogens is 1910 g/mol. The molecular formula is C122H80B2BrClN6O4S5. The number of fused-ring (bicyclic) bond motifs is 21. The minimum absolute atomic E-state index is 0.261. The molecule has 19 heteroatoms. The van der Waals surface area contributed by atoms with Crippen LogP contribution in [0, 0.1) is 0 Å². The summed E-state index contributed by atoms with van der Waals surface area (Å²) in [6.45, 7) is 0. The number of halogens is 2. The Labute approximate surface area is 846 Å². The van der Waals surface area contributed by atoms with Crippen molar-refractivity contribution in [3.63, 3.8) is 0 Å². The number of thiophene rings is 5. The maximum atomic E-state index is 9.38. The van der Waals surface area contributed by atoms with Crippen LogP contribution in [0.5, 0.6) is 0 Å². The van der Waals surface area contributed by atoms with Crippen LogP contribution in [0.25, 0.3) is 207 Å². The van der Waals surface area contributed by atoms with Crippen LogP contribution in [0.3, 0.4) is 0 Å². The van der Waals surface area contributed by atoms with Crippen LogP contribution in [0.2, 0.25) is 5.28 Å². The zero-order valence-electron chi connectivity index (χ0n) is 75.3. The highest BCUT2D eigenvalue weighted by Crippen LogP contribution is 2.51. The van der Waals surface area contributed by atoms with Crippen molar-refractivity contribution in [3.8, 4) is 84.1 Å². The maximum absolute atomic E-state index is 9.38. The quantitative estimate of drug-likeness (QED) is 0.0736. The monoisotopic (exact) mass is 1990 g/mol. The first kappa shape index (κ1) is 88.7. The molecule has 2 unspecified atom stereocenters. The molecule has 9 heterocycles. The Hall–Kier alpha value is -15.0. The van der Waals surface area contributed by atoms with Crippen molar-refractivity contribution in [1.82, 2.24) is 24.5 Å². The number of para-hydroxylation sites is 2. The zero-order chi connectivity index (χ0) is 94.7. The van der Waals surface area contributed by atoms with E-state index < -0.39 is 14.2 Å². The Morgan fingerprint density at radius 3 is 1.22 bits per heavy atom. The summed E-state index contributed by atoms with van der Waals surface area (Å²) in [6.07, 6.45) is 12.6. The molecule has 0 fully saturated rings. The molecule has 1 aliphatic carbocycles. The molecule has 18 aromatic carbocycles. The van der Waals surface area contributed by atoms with Gasteiger partial charge in [0.2, 0.25) is 11.2 Å². The van der Waals surface area contributed by atoms with E-state index in [0.29, 0.717) is 22.8 Å². The lowest BCUT2D eigenvalue weighted by Gasteiger charge is -2.28. The lowest BCUT2D eigenvalue weighted by molar-refractivity contribution is 0.424. The van der Waals surface area contributed by atoms with Crippen molar-refractivity contribution in [2.45, 2.75) is 12.0 Å². The Kier molecular flexibility index (Phi) is 24.1. The topological polar surface area (TPSA) is 141 Å². The second-order valence-corrected chi connectivity index (χ2v) is 41.3. The van der Waals surface area contributed by atoms with Crippen molar-refractivity contribution in [3.05, 3.63) is 465 Å². The smallest absolute Gasteiger partial charge is 0.423 e. The van der Waals surface area contributed by atoms with Crippen molar-refractivity contribution >= 4 is 243 Å². The molecule has 672 valence electrons. The molecule has 0 spiro atoms. The summed E-state index contributed by atoms with van der Waals surface area (Å²) >= 11 is 18.5. The van der Waals surface area contributed by atoms with E-state index in [4.69, 9.17) is 21.6 Å². The summed E-state index contributed by atoms with van der Waals surface area (Å²) in [6, 6.07) is 144. The van der Waals surface area contributed by atoms with Gasteiger partial charge in [-0.1, -0.05) is 344 Å². The second-order valence-electron chi connectivity index (χ2n) is 34.8. The Morgan fingerprint density at radius 2 is 0.702 bits per heavy atom.